The van der Waals surface area contributed by atoms with E-state index in [1.165, 1.54) is 25.7 Å². The average molecular weight is 252 g/mol. The molecule has 1 heterocycles. The largest absolute Gasteiger partial charge is 0.399 e. The summed E-state index contributed by atoms with van der Waals surface area (Å²) >= 11 is 5.84. The van der Waals surface area contributed by atoms with E-state index in [0.717, 1.165) is 18.8 Å². The van der Waals surface area contributed by atoms with Crippen LogP contribution in [0, 0.1) is 0 Å². The molecule has 0 bridgehead atoms. The number of hydrogen-bond acceptors (Lipinski definition) is 3. The monoisotopic (exact) mass is 251 g/mol. The summed E-state index contributed by atoms with van der Waals surface area (Å²) in [5.74, 6) is 0.756. The highest BCUT2D eigenvalue weighted by atomic mass is 35.5. The Hall–Kier alpha value is -1.22. The summed E-state index contributed by atoms with van der Waals surface area (Å²) < 4.78 is 0. The van der Waals surface area contributed by atoms with Gasteiger partial charge in [0.15, 0.2) is 0 Å². The maximum Gasteiger partial charge on any atom is 0.133 e. The van der Waals surface area contributed by atoms with Gasteiger partial charge < -0.3 is 11.1 Å². The van der Waals surface area contributed by atoms with Crippen molar-refractivity contribution in [1.82, 2.24) is 4.98 Å². The Morgan fingerprint density at radius 1 is 1.35 bits per heavy atom. The lowest BCUT2D eigenvalue weighted by atomic mass is 9.97. The van der Waals surface area contributed by atoms with Crippen molar-refractivity contribution in [2.45, 2.75) is 32.1 Å². The summed E-state index contributed by atoms with van der Waals surface area (Å²) in [5.41, 5.74) is 7.90. The van der Waals surface area contributed by atoms with E-state index < -0.39 is 0 Å². The first kappa shape index (κ1) is 12.2. The Bertz CT molecular complexity index is 395. The SMILES string of the molecule is Nc1cc(Cl)nc(NCCC2=CCCCC2)c1. The molecule has 0 saturated carbocycles. The Labute approximate surface area is 107 Å². The van der Waals surface area contributed by atoms with Crippen molar-refractivity contribution in [3.05, 3.63) is 28.9 Å². The molecule has 0 aliphatic heterocycles. The van der Waals surface area contributed by atoms with Crippen molar-refractivity contribution in [2.75, 3.05) is 17.6 Å². The third kappa shape index (κ3) is 3.93. The Balaban J connectivity index is 1.83. The van der Waals surface area contributed by atoms with Crippen molar-refractivity contribution in [3.63, 3.8) is 0 Å². The summed E-state index contributed by atoms with van der Waals surface area (Å²) in [5, 5.41) is 3.69. The third-order valence-corrected chi connectivity index (χ3v) is 3.15. The van der Waals surface area contributed by atoms with Gasteiger partial charge in [-0.05, 0) is 38.2 Å². The molecule has 17 heavy (non-hydrogen) atoms. The van der Waals surface area contributed by atoms with Crippen molar-refractivity contribution in [3.8, 4) is 0 Å². The summed E-state index contributed by atoms with van der Waals surface area (Å²) in [6.07, 6.45) is 8.58. The van der Waals surface area contributed by atoms with Crippen molar-refractivity contribution in [1.29, 1.82) is 0 Å². The first-order valence-corrected chi connectivity index (χ1v) is 6.47. The van der Waals surface area contributed by atoms with Gasteiger partial charge >= 0.3 is 0 Å². The van der Waals surface area contributed by atoms with E-state index in [1.54, 1.807) is 17.7 Å². The highest BCUT2D eigenvalue weighted by Gasteiger charge is 2.04. The third-order valence-electron chi connectivity index (χ3n) is 2.95. The molecule has 1 aliphatic carbocycles. The molecule has 0 aromatic carbocycles. The zero-order valence-corrected chi connectivity index (χ0v) is 10.6. The molecule has 92 valence electrons. The first-order chi connectivity index (χ1) is 8.24. The van der Waals surface area contributed by atoms with Gasteiger partial charge in [-0.1, -0.05) is 23.3 Å². The van der Waals surface area contributed by atoms with Gasteiger partial charge in [-0.2, -0.15) is 0 Å². The number of nitrogen functional groups attached to an aromatic ring is 1. The Kier molecular flexibility index (Phi) is 4.26. The van der Waals surface area contributed by atoms with Crippen LogP contribution < -0.4 is 11.1 Å². The smallest absolute Gasteiger partial charge is 0.133 e. The van der Waals surface area contributed by atoms with Crippen LogP contribution in [-0.4, -0.2) is 11.5 Å². The lowest BCUT2D eigenvalue weighted by Gasteiger charge is -2.13. The fourth-order valence-electron chi connectivity index (χ4n) is 2.09. The second kappa shape index (κ2) is 5.92. The minimum absolute atomic E-state index is 0.435. The predicted octanol–water partition coefficient (Wildman–Crippen LogP) is 3.62. The number of aromatic nitrogens is 1. The summed E-state index contributed by atoms with van der Waals surface area (Å²) in [7, 11) is 0. The molecule has 3 N–H and O–H groups in total. The normalized spacial score (nSPS) is 15.5. The molecule has 0 amide bonds. The van der Waals surface area contributed by atoms with E-state index in [-0.39, 0.29) is 0 Å². The highest BCUT2D eigenvalue weighted by molar-refractivity contribution is 6.29. The molecule has 0 unspecified atom stereocenters. The summed E-state index contributed by atoms with van der Waals surface area (Å²) in [4.78, 5) is 4.17. The standard InChI is InChI=1S/C13H18ClN3/c14-12-8-11(15)9-13(17-12)16-7-6-10-4-2-1-3-5-10/h4,8-9H,1-3,5-7H2,(H3,15,16,17). The van der Waals surface area contributed by atoms with E-state index in [0.29, 0.717) is 10.8 Å². The molecule has 0 spiro atoms. The van der Waals surface area contributed by atoms with Gasteiger partial charge in [0.25, 0.3) is 0 Å². The lowest BCUT2D eigenvalue weighted by molar-refractivity contribution is 0.679. The maximum atomic E-state index is 5.84. The first-order valence-electron chi connectivity index (χ1n) is 6.09. The van der Waals surface area contributed by atoms with E-state index in [2.05, 4.69) is 16.4 Å². The van der Waals surface area contributed by atoms with Gasteiger partial charge in [0.05, 0.1) is 0 Å². The molecule has 0 atom stereocenters. The van der Waals surface area contributed by atoms with Crippen molar-refractivity contribution in [2.24, 2.45) is 0 Å². The number of nitrogens with zero attached hydrogens (tertiary/aromatic N) is 1. The van der Waals surface area contributed by atoms with Gasteiger partial charge in [-0.25, -0.2) is 4.98 Å². The van der Waals surface area contributed by atoms with Crippen LogP contribution in [0.1, 0.15) is 32.1 Å². The minimum Gasteiger partial charge on any atom is -0.399 e. The molecule has 0 saturated heterocycles. The van der Waals surface area contributed by atoms with E-state index in [9.17, 15) is 0 Å². The molecule has 1 aromatic heterocycles. The number of halogens is 1. The molecule has 1 aromatic rings. The molecule has 0 fully saturated rings. The zero-order chi connectivity index (χ0) is 12.1. The quantitative estimate of drug-likeness (QED) is 0.635. The van der Waals surface area contributed by atoms with Crippen LogP contribution in [0.3, 0.4) is 0 Å². The maximum absolute atomic E-state index is 5.84. The van der Waals surface area contributed by atoms with Gasteiger partial charge in [0.2, 0.25) is 0 Å². The number of pyridine rings is 1. The topological polar surface area (TPSA) is 50.9 Å². The van der Waals surface area contributed by atoms with E-state index >= 15 is 0 Å². The molecule has 4 heteroatoms. The average Bonchev–Trinajstić information content (AvgIpc) is 2.29. The van der Waals surface area contributed by atoms with Crippen LogP contribution in [0.15, 0.2) is 23.8 Å². The number of rotatable bonds is 4. The number of nitrogens with one attached hydrogen (secondary N) is 1. The number of nitrogens with two attached hydrogens (primary N) is 1. The van der Waals surface area contributed by atoms with Crippen LogP contribution in [-0.2, 0) is 0 Å². The number of hydrogen-bond donors (Lipinski definition) is 2. The Morgan fingerprint density at radius 2 is 2.24 bits per heavy atom. The summed E-state index contributed by atoms with van der Waals surface area (Å²) in [6, 6.07) is 3.46. The van der Waals surface area contributed by atoms with E-state index in [1.807, 2.05) is 0 Å². The molecule has 2 rings (SSSR count). The van der Waals surface area contributed by atoms with Crippen molar-refractivity contribution < 1.29 is 0 Å². The molecule has 3 nitrogen and oxygen atoms in total. The van der Waals surface area contributed by atoms with Crippen LogP contribution >= 0.6 is 11.6 Å². The lowest BCUT2D eigenvalue weighted by Crippen LogP contribution is -2.06. The van der Waals surface area contributed by atoms with Gasteiger partial charge in [-0.3, -0.25) is 0 Å². The zero-order valence-electron chi connectivity index (χ0n) is 9.88. The van der Waals surface area contributed by atoms with Crippen LogP contribution in [0.2, 0.25) is 5.15 Å². The van der Waals surface area contributed by atoms with Crippen LogP contribution in [0.25, 0.3) is 0 Å². The second-order valence-corrected chi connectivity index (χ2v) is 4.78. The number of anilines is 2. The molecule has 0 radical (unpaired) electrons. The summed E-state index contributed by atoms with van der Waals surface area (Å²) in [6.45, 7) is 0.888. The van der Waals surface area contributed by atoms with Gasteiger partial charge in [-0.15, -0.1) is 0 Å². The van der Waals surface area contributed by atoms with Crippen LogP contribution in [0.5, 0.6) is 0 Å². The molecular weight excluding hydrogens is 234 g/mol. The van der Waals surface area contributed by atoms with Gasteiger partial charge in [0, 0.05) is 18.3 Å². The second-order valence-electron chi connectivity index (χ2n) is 4.39. The fourth-order valence-corrected chi connectivity index (χ4v) is 2.31. The van der Waals surface area contributed by atoms with E-state index in [4.69, 9.17) is 17.3 Å². The molecule has 1 aliphatic rings. The predicted molar refractivity (Wildman–Crippen MR) is 73.3 cm³/mol. The van der Waals surface area contributed by atoms with Crippen LogP contribution in [0.4, 0.5) is 11.5 Å². The van der Waals surface area contributed by atoms with Gasteiger partial charge in [0.1, 0.15) is 11.0 Å². The Morgan fingerprint density at radius 3 is 2.94 bits per heavy atom. The number of allylic oxidation sites excluding steroid dienone is 1. The molecular formula is C13H18ClN3. The highest BCUT2D eigenvalue weighted by Crippen LogP contribution is 2.20. The fraction of sp³-hybridized carbons (Fsp3) is 0.462. The van der Waals surface area contributed by atoms with Crippen molar-refractivity contribution >= 4 is 23.1 Å². The minimum atomic E-state index is 0.435.